The molecule has 0 saturated carbocycles. The molecule has 1 saturated heterocycles. The van der Waals surface area contributed by atoms with E-state index in [4.69, 9.17) is 19.5 Å². The maximum Gasteiger partial charge on any atom is 0.481 e. The molecule has 0 spiro atoms. The summed E-state index contributed by atoms with van der Waals surface area (Å²) >= 11 is 1.55. The van der Waals surface area contributed by atoms with Crippen LogP contribution in [0.15, 0.2) is 12.7 Å². The van der Waals surface area contributed by atoms with Crippen LogP contribution in [-0.4, -0.2) is 135 Å². The Morgan fingerprint density at radius 2 is 1.74 bits per heavy atom. The maximum absolute atomic E-state index is 12.6. The minimum atomic E-state index is -5.55. The predicted octanol–water partition coefficient (Wildman–Crippen LogP) is -1.09. The van der Waals surface area contributed by atoms with Crippen LogP contribution in [0.5, 0.6) is 0 Å². The first kappa shape index (κ1) is 45.2. The molecule has 1 aliphatic heterocycles. The number of aliphatic hydroxyl groups is 3. The Morgan fingerprint density at radius 3 is 2.40 bits per heavy atom. The molecule has 24 nitrogen and oxygen atoms in total. The summed E-state index contributed by atoms with van der Waals surface area (Å²) in [6, 6.07) is 0. The highest BCUT2D eigenvalue weighted by molar-refractivity contribution is 7.99. The van der Waals surface area contributed by atoms with Crippen molar-refractivity contribution in [3.05, 3.63) is 12.7 Å². The topological polar surface area (TPSA) is 367 Å². The van der Waals surface area contributed by atoms with Gasteiger partial charge < -0.3 is 56.0 Å². The molecule has 2 aromatic rings. The van der Waals surface area contributed by atoms with Crippen molar-refractivity contribution in [2.75, 3.05) is 43.5 Å². The molecule has 8 atom stereocenters. The zero-order valence-electron chi connectivity index (χ0n) is 28.6. The number of anilines is 1. The molecule has 53 heavy (non-hydrogen) atoms. The molecule has 1 aliphatic rings. The lowest BCUT2D eigenvalue weighted by Gasteiger charge is -2.30. The molecular formula is C25H44N7O17P3S. The van der Waals surface area contributed by atoms with Crippen LogP contribution in [0, 0.1) is 5.41 Å². The summed E-state index contributed by atoms with van der Waals surface area (Å²) in [5.74, 6) is 0.00582. The Morgan fingerprint density at radius 1 is 1.06 bits per heavy atom. The quantitative estimate of drug-likeness (QED) is 0.0497. The predicted molar refractivity (Wildman–Crippen MR) is 183 cm³/mol. The van der Waals surface area contributed by atoms with Gasteiger partial charge in [0.05, 0.1) is 25.6 Å². The van der Waals surface area contributed by atoms with Gasteiger partial charge in [0.1, 0.15) is 36.3 Å². The number of nitrogen functional groups attached to an aromatic ring is 1. The van der Waals surface area contributed by atoms with Gasteiger partial charge in [0, 0.05) is 30.7 Å². The normalized spacial score (nSPS) is 22.9. The molecule has 1 fully saturated rings. The van der Waals surface area contributed by atoms with Crippen molar-refractivity contribution >= 4 is 64.0 Å². The van der Waals surface area contributed by atoms with Crippen LogP contribution in [0.3, 0.4) is 0 Å². The van der Waals surface area contributed by atoms with Crippen LogP contribution in [0.25, 0.3) is 11.2 Å². The Labute approximate surface area is 306 Å². The zero-order chi connectivity index (χ0) is 39.8. The summed E-state index contributed by atoms with van der Waals surface area (Å²) in [6.07, 6.45) is -6.57. The summed E-state index contributed by atoms with van der Waals surface area (Å²) in [6.45, 7) is 2.44. The van der Waals surface area contributed by atoms with E-state index in [0.717, 1.165) is 23.0 Å². The molecule has 11 N–H and O–H groups in total. The van der Waals surface area contributed by atoms with Crippen LogP contribution < -0.4 is 16.4 Å². The Balaban J connectivity index is 1.51. The number of thioether (sulfide) groups is 1. The van der Waals surface area contributed by atoms with Crippen LogP contribution in [0.2, 0.25) is 0 Å². The Bertz CT molecular complexity index is 1700. The highest BCUT2D eigenvalue weighted by atomic mass is 32.2. The molecular weight excluding hydrogens is 795 g/mol. The van der Waals surface area contributed by atoms with E-state index in [-0.39, 0.29) is 35.9 Å². The van der Waals surface area contributed by atoms with E-state index in [1.807, 2.05) is 0 Å². The first-order chi connectivity index (χ1) is 24.5. The number of nitrogens with one attached hydrogen (secondary N) is 2. The number of carbonyl (C=O) groups is 2. The second kappa shape index (κ2) is 19.1. The fourth-order valence-electron chi connectivity index (χ4n) is 4.56. The number of carbonyl (C=O) groups excluding carboxylic acids is 2. The lowest BCUT2D eigenvalue weighted by Crippen LogP contribution is -2.46. The van der Waals surface area contributed by atoms with Crippen LogP contribution in [-0.2, 0) is 45.9 Å². The molecule has 28 heteroatoms. The van der Waals surface area contributed by atoms with Crippen molar-refractivity contribution in [3.8, 4) is 0 Å². The lowest BCUT2D eigenvalue weighted by atomic mass is 9.87. The molecule has 2 aromatic heterocycles. The number of phosphoric acid groups is 3. The van der Waals surface area contributed by atoms with Gasteiger partial charge in [0.25, 0.3) is 0 Å². The number of nitrogens with two attached hydrogens (primary N) is 1. The van der Waals surface area contributed by atoms with Gasteiger partial charge >= 0.3 is 23.5 Å². The van der Waals surface area contributed by atoms with Crippen LogP contribution >= 0.6 is 35.2 Å². The standard InChI is InChI=1S/C25H44N7O17P3S/c1-14(33)5-8-53-9-7-27-16(34)4-6-28-23(37)20(36)25(2,3)11-46-52(43,44)49-51(41,42)45-10-15-19(48-50(38,39)40)18(35)24(47-15)32-13-31-17-21(26)29-12-30-22(17)32/h12-15,18-20,24,33,35-36H,4-11H2,1-3H3,(H,27,34)(H,28,37)(H,41,42)(H,43,44)(H2,26,29,30)(H2,38,39,40)/t14?,15-,18-,19-,20+,24-/m1/s1. The number of ether oxygens (including phenoxy) is 1. The van der Waals surface area contributed by atoms with Crippen molar-refractivity contribution < 1.29 is 80.8 Å². The molecule has 0 bridgehead atoms. The Kier molecular flexibility index (Phi) is 16.3. The number of aliphatic hydroxyl groups excluding tert-OH is 3. The van der Waals surface area contributed by atoms with Gasteiger partial charge in [0.2, 0.25) is 11.8 Å². The Hall–Kier alpha value is -2.15. The molecule has 0 radical (unpaired) electrons. The van der Waals surface area contributed by atoms with Gasteiger partial charge in [-0.05, 0) is 19.1 Å². The third-order valence-electron chi connectivity index (χ3n) is 7.33. The number of hydrogen-bond donors (Lipinski definition) is 10. The average molecular weight is 840 g/mol. The summed E-state index contributed by atoms with van der Waals surface area (Å²) in [5.41, 5.74) is 4.29. The molecule has 0 aliphatic carbocycles. The van der Waals surface area contributed by atoms with E-state index >= 15 is 0 Å². The summed E-state index contributed by atoms with van der Waals surface area (Å²) in [7, 11) is -16.3. The molecule has 3 rings (SSSR count). The van der Waals surface area contributed by atoms with Gasteiger partial charge in [-0.1, -0.05) is 13.8 Å². The van der Waals surface area contributed by atoms with E-state index in [0.29, 0.717) is 18.7 Å². The van der Waals surface area contributed by atoms with Crippen molar-refractivity contribution in [2.24, 2.45) is 5.41 Å². The number of phosphoric ester groups is 3. The van der Waals surface area contributed by atoms with Gasteiger partial charge in [-0.2, -0.15) is 16.1 Å². The smallest absolute Gasteiger partial charge is 0.393 e. The second-order valence-corrected chi connectivity index (χ2v) is 17.8. The van der Waals surface area contributed by atoms with Gasteiger partial charge in [0.15, 0.2) is 17.7 Å². The first-order valence-corrected chi connectivity index (χ1v) is 21.3. The monoisotopic (exact) mass is 839 g/mol. The number of rotatable bonds is 22. The van der Waals surface area contributed by atoms with E-state index in [2.05, 4.69) is 34.4 Å². The van der Waals surface area contributed by atoms with E-state index < -0.39 is 84.8 Å². The number of nitrogens with zero attached hydrogens (tertiary/aromatic N) is 4. The van der Waals surface area contributed by atoms with Crippen molar-refractivity contribution in [2.45, 2.75) is 70.4 Å². The van der Waals surface area contributed by atoms with E-state index in [1.54, 1.807) is 18.7 Å². The number of fused-ring (bicyclic) bond motifs is 1. The summed E-state index contributed by atoms with van der Waals surface area (Å²) in [5, 5.41) is 35.6. The minimum absolute atomic E-state index is 0.0347. The third kappa shape index (κ3) is 14.1. The summed E-state index contributed by atoms with van der Waals surface area (Å²) < 4.78 is 62.0. The van der Waals surface area contributed by atoms with Crippen LogP contribution in [0.1, 0.15) is 39.8 Å². The number of imidazole rings is 1. The highest BCUT2D eigenvalue weighted by Crippen LogP contribution is 2.61. The fraction of sp³-hybridized carbons (Fsp3) is 0.720. The molecule has 0 aromatic carbocycles. The number of aromatic nitrogens is 4. The first-order valence-electron chi connectivity index (χ1n) is 15.7. The number of hydrogen-bond acceptors (Lipinski definition) is 18. The van der Waals surface area contributed by atoms with Gasteiger partial charge in [-0.25, -0.2) is 28.6 Å². The third-order valence-corrected chi connectivity index (χ3v) is 11.4. The van der Waals surface area contributed by atoms with Crippen molar-refractivity contribution in [3.63, 3.8) is 0 Å². The fourth-order valence-corrected chi connectivity index (χ4v) is 8.35. The van der Waals surface area contributed by atoms with Crippen LogP contribution in [0.4, 0.5) is 5.82 Å². The zero-order valence-corrected chi connectivity index (χ0v) is 32.1. The number of amides is 2. The molecule has 3 heterocycles. The summed E-state index contributed by atoms with van der Waals surface area (Å²) in [4.78, 5) is 75.3. The largest absolute Gasteiger partial charge is 0.481 e. The minimum Gasteiger partial charge on any atom is -0.393 e. The molecule has 302 valence electrons. The van der Waals surface area contributed by atoms with Crippen molar-refractivity contribution in [1.82, 2.24) is 30.2 Å². The van der Waals surface area contributed by atoms with Gasteiger partial charge in [-0.3, -0.25) is 27.7 Å². The average Bonchev–Trinajstić information content (AvgIpc) is 3.60. The molecule has 2 amide bonds. The van der Waals surface area contributed by atoms with Gasteiger partial charge in [-0.15, -0.1) is 0 Å². The highest BCUT2D eigenvalue weighted by Gasteiger charge is 2.50. The lowest BCUT2D eigenvalue weighted by molar-refractivity contribution is -0.137. The van der Waals surface area contributed by atoms with E-state index in [9.17, 15) is 58.2 Å². The second-order valence-electron chi connectivity index (χ2n) is 12.3. The van der Waals surface area contributed by atoms with Crippen molar-refractivity contribution in [1.29, 1.82) is 0 Å². The molecule has 3 unspecified atom stereocenters. The van der Waals surface area contributed by atoms with E-state index in [1.165, 1.54) is 13.8 Å². The SMILES string of the molecule is CC(O)CCSCCNC(=O)CCNC(=O)[C@H](O)C(C)(C)COP(=O)(O)OP(=O)(O)OC[C@H]1O[C@@H](n2cnc3c(N)ncnc32)[C@H](O)[C@@H]1OP(=O)(O)O. The maximum atomic E-state index is 12.6.